The van der Waals surface area contributed by atoms with Gasteiger partial charge in [0.1, 0.15) is 5.54 Å². The van der Waals surface area contributed by atoms with Gasteiger partial charge in [-0.1, -0.05) is 37.6 Å². The molecule has 20 heavy (non-hydrogen) atoms. The number of halogens is 1. The first-order valence-corrected chi connectivity index (χ1v) is 7.46. The van der Waals surface area contributed by atoms with Crippen LogP contribution in [0.2, 0.25) is 5.02 Å². The highest BCUT2D eigenvalue weighted by molar-refractivity contribution is 6.33. The van der Waals surface area contributed by atoms with E-state index in [1.54, 1.807) is 6.07 Å². The molecule has 0 fully saturated rings. The number of ether oxygens (including phenoxy) is 1. The third kappa shape index (κ3) is 4.71. The van der Waals surface area contributed by atoms with Crippen molar-refractivity contribution in [1.82, 2.24) is 0 Å². The molecule has 1 N–H and O–H groups in total. The van der Waals surface area contributed by atoms with Crippen LogP contribution in [0.25, 0.3) is 0 Å². The van der Waals surface area contributed by atoms with Gasteiger partial charge in [-0.2, -0.15) is 0 Å². The van der Waals surface area contributed by atoms with Crippen molar-refractivity contribution in [3.05, 3.63) is 29.3 Å². The molecule has 1 atom stereocenters. The Morgan fingerprint density at radius 3 is 2.60 bits per heavy atom. The molecule has 0 aliphatic carbocycles. The summed E-state index contributed by atoms with van der Waals surface area (Å²) >= 11 is 6.16. The number of esters is 1. The zero-order valence-electron chi connectivity index (χ0n) is 12.7. The van der Waals surface area contributed by atoms with Gasteiger partial charge in [0.15, 0.2) is 0 Å². The predicted molar refractivity (Wildman–Crippen MR) is 84.2 cm³/mol. The molecule has 0 saturated heterocycles. The number of carbonyl (C=O) groups excluding carboxylic acids is 1. The van der Waals surface area contributed by atoms with Crippen LogP contribution < -0.4 is 5.32 Å². The maximum atomic E-state index is 12.3. The average molecular weight is 298 g/mol. The van der Waals surface area contributed by atoms with Gasteiger partial charge >= 0.3 is 5.97 Å². The van der Waals surface area contributed by atoms with Crippen molar-refractivity contribution in [3.8, 4) is 0 Å². The van der Waals surface area contributed by atoms with E-state index in [0.29, 0.717) is 24.0 Å². The lowest BCUT2D eigenvalue weighted by molar-refractivity contribution is -0.148. The molecular formula is C16H24ClNO2. The van der Waals surface area contributed by atoms with Crippen LogP contribution in [0.5, 0.6) is 0 Å². The second-order valence-corrected chi connectivity index (χ2v) is 6.00. The van der Waals surface area contributed by atoms with Crippen molar-refractivity contribution in [3.63, 3.8) is 0 Å². The maximum absolute atomic E-state index is 12.3. The molecule has 4 heteroatoms. The Labute approximate surface area is 126 Å². The highest BCUT2D eigenvalue weighted by Gasteiger charge is 2.34. The van der Waals surface area contributed by atoms with Gasteiger partial charge in [-0.15, -0.1) is 0 Å². The number of nitrogens with one attached hydrogen (secondary N) is 1. The molecule has 1 aromatic rings. The van der Waals surface area contributed by atoms with E-state index in [1.807, 2.05) is 32.0 Å². The largest absolute Gasteiger partial charge is 0.464 e. The average Bonchev–Trinajstić information content (AvgIpc) is 2.39. The second kappa shape index (κ2) is 7.53. The fraction of sp³-hybridized carbons (Fsp3) is 0.562. The van der Waals surface area contributed by atoms with E-state index in [4.69, 9.17) is 16.3 Å². The Morgan fingerprint density at radius 1 is 1.40 bits per heavy atom. The van der Waals surface area contributed by atoms with E-state index in [0.717, 1.165) is 12.1 Å². The van der Waals surface area contributed by atoms with Gasteiger partial charge < -0.3 is 10.1 Å². The quantitative estimate of drug-likeness (QED) is 0.753. The van der Waals surface area contributed by atoms with E-state index in [2.05, 4.69) is 19.2 Å². The first-order chi connectivity index (χ1) is 9.39. The van der Waals surface area contributed by atoms with Crippen LogP contribution in [0.1, 0.15) is 40.5 Å². The third-order valence-corrected chi connectivity index (χ3v) is 3.56. The van der Waals surface area contributed by atoms with Gasteiger partial charge in [-0.05, 0) is 44.7 Å². The standard InChI is InChI=1S/C16H24ClNO2/c1-5-20-15(19)16(4,11-10-12(2)3)18-14-9-7-6-8-13(14)17/h6-9,12,18H,5,10-11H2,1-4H3. The maximum Gasteiger partial charge on any atom is 0.331 e. The normalized spacial score (nSPS) is 13.9. The molecule has 1 rings (SSSR count). The Kier molecular flexibility index (Phi) is 6.34. The van der Waals surface area contributed by atoms with Crippen molar-refractivity contribution >= 4 is 23.3 Å². The lowest BCUT2D eigenvalue weighted by Gasteiger charge is -2.30. The first-order valence-electron chi connectivity index (χ1n) is 7.09. The minimum atomic E-state index is -0.759. The molecule has 0 spiro atoms. The van der Waals surface area contributed by atoms with E-state index >= 15 is 0 Å². The van der Waals surface area contributed by atoms with Gasteiger partial charge in [0.25, 0.3) is 0 Å². The third-order valence-electron chi connectivity index (χ3n) is 3.23. The zero-order valence-corrected chi connectivity index (χ0v) is 13.5. The fourth-order valence-corrected chi connectivity index (χ4v) is 2.13. The number of para-hydroxylation sites is 1. The smallest absolute Gasteiger partial charge is 0.331 e. The first kappa shape index (κ1) is 16.8. The summed E-state index contributed by atoms with van der Waals surface area (Å²) in [6, 6.07) is 7.43. The minimum absolute atomic E-state index is 0.236. The van der Waals surface area contributed by atoms with Crippen LogP contribution in [0.3, 0.4) is 0 Å². The molecule has 0 aromatic heterocycles. The van der Waals surface area contributed by atoms with E-state index in [1.165, 1.54) is 0 Å². The Balaban J connectivity index is 2.92. The molecule has 1 aromatic carbocycles. The molecule has 0 radical (unpaired) electrons. The molecule has 1 unspecified atom stereocenters. The lowest BCUT2D eigenvalue weighted by atomic mass is 9.91. The Bertz CT molecular complexity index is 448. The Hall–Kier alpha value is -1.22. The van der Waals surface area contributed by atoms with Crippen molar-refractivity contribution in [2.24, 2.45) is 5.92 Å². The summed E-state index contributed by atoms with van der Waals surface area (Å²) < 4.78 is 5.21. The summed E-state index contributed by atoms with van der Waals surface area (Å²) in [6.45, 7) is 8.34. The zero-order chi connectivity index (χ0) is 15.2. The molecule has 0 saturated carbocycles. The molecule has 0 aliphatic rings. The summed E-state index contributed by atoms with van der Waals surface area (Å²) in [6.07, 6.45) is 1.64. The van der Waals surface area contributed by atoms with Crippen molar-refractivity contribution in [2.45, 2.75) is 46.1 Å². The minimum Gasteiger partial charge on any atom is -0.464 e. The fourth-order valence-electron chi connectivity index (χ4n) is 1.94. The second-order valence-electron chi connectivity index (χ2n) is 5.59. The van der Waals surface area contributed by atoms with Crippen LogP contribution in [0.15, 0.2) is 24.3 Å². The topological polar surface area (TPSA) is 38.3 Å². The predicted octanol–water partition coefficient (Wildman–Crippen LogP) is 4.51. The summed E-state index contributed by atoms with van der Waals surface area (Å²) in [7, 11) is 0. The molecular weight excluding hydrogens is 274 g/mol. The van der Waals surface area contributed by atoms with Crippen molar-refractivity contribution in [1.29, 1.82) is 0 Å². The number of hydrogen-bond acceptors (Lipinski definition) is 3. The van der Waals surface area contributed by atoms with E-state index in [9.17, 15) is 4.79 Å². The van der Waals surface area contributed by atoms with E-state index in [-0.39, 0.29) is 5.97 Å². The van der Waals surface area contributed by atoms with Crippen LogP contribution in [0, 0.1) is 5.92 Å². The van der Waals surface area contributed by atoms with Crippen LogP contribution >= 0.6 is 11.6 Å². The molecule has 3 nitrogen and oxygen atoms in total. The number of rotatable bonds is 7. The van der Waals surface area contributed by atoms with E-state index < -0.39 is 5.54 Å². The molecule has 112 valence electrons. The monoisotopic (exact) mass is 297 g/mol. The van der Waals surface area contributed by atoms with Gasteiger partial charge in [0.05, 0.1) is 17.3 Å². The van der Waals surface area contributed by atoms with Crippen LogP contribution in [-0.2, 0) is 9.53 Å². The molecule has 0 amide bonds. The summed E-state index contributed by atoms with van der Waals surface area (Å²) in [5, 5.41) is 3.86. The molecule has 0 heterocycles. The highest BCUT2D eigenvalue weighted by Crippen LogP contribution is 2.28. The summed E-state index contributed by atoms with van der Waals surface area (Å²) in [4.78, 5) is 12.3. The summed E-state index contributed by atoms with van der Waals surface area (Å²) in [5.74, 6) is 0.289. The number of anilines is 1. The van der Waals surface area contributed by atoms with Gasteiger partial charge in [0, 0.05) is 0 Å². The highest BCUT2D eigenvalue weighted by atomic mass is 35.5. The Morgan fingerprint density at radius 2 is 2.05 bits per heavy atom. The van der Waals surface area contributed by atoms with Crippen molar-refractivity contribution in [2.75, 3.05) is 11.9 Å². The number of benzene rings is 1. The number of hydrogen-bond donors (Lipinski definition) is 1. The molecule has 0 bridgehead atoms. The van der Waals surface area contributed by atoms with Gasteiger partial charge in [0.2, 0.25) is 0 Å². The van der Waals surface area contributed by atoms with Crippen LogP contribution in [-0.4, -0.2) is 18.1 Å². The number of carbonyl (C=O) groups is 1. The lowest BCUT2D eigenvalue weighted by Crippen LogP contribution is -2.45. The molecule has 0 aliphatic heterocycles. The summed E-state index contributed by atoms with van der Waals surface area (Å²) in [5.41, 5.74) is -0.000809. The van der Waals surface area contributed by atoms with Gasteiger partial charge in [-0.25, -0.2) is 4.79 Å². The van der Waals surface area contributed by atoms with Crippen LogP contribution in [0.4, 0.5) is 5.69 Å². The van der Waals surface area contributed by atoms with Crippen molar-refractivity contribution < 1.29 is 9.53 Å². The van der Waals surface area contributed by atoms with Gasteiger partial charge in [-0.3, -0.25) is 0 Å². The SMILES string of the molecule is CCOC(=O)C(C)(CCC(C)C)Nc1ccccc1Cl.